The van der Waals surface area contributed by atoms with Gasteiger partial charge in [0.1, 0.15) is 35.0 Å². The van der Waals surface area contributed by atoms with Crippen LogP contribution in [-0.4, -0.2) is 56.8 Å². The van der Waals surface area contributed by atoms with E-state index in [-0.39, 0.29) is 18.5 Å². The van der Waals surface area contributed by atoms with E-state index in [1.54, 1.807) is 11.0 Å². The summed E-state index contributed by atoms with van der Waals surface area (Å²) in [6.07, 6.45) is 3.27. The monoisotopic (exact) mass is 451 g/mol. The Labute approximate surface area is 179 Å². The van der Waals surface area contributed by atoms with Gasteiger partial charge >= 0.3 is 0 Å². The van der Waals surface area contributed by atoms with E-state index in [1.807, 2.05) is 0 Å². The summed E-state index contributed by atoms with van der Waals surface area (Å²) in [5.74, 6) is -2.50. The number of anilines is 1. The number of rotatable bonds is 4. The van der Waals surface area contributed by atoms with Gasteiger partial charge in [0.25, 0.3) is 0 Å². The van der Waals surface area contributed by atoms with E-state index < -0.39 is 46.5 Å². The minimum atomic E-state index is -1.49. The number of benzene rings is 1. The zero-order valence-electron chi connectivity index (χ0n) is 16.6. The minimum Gasteiger partial charge on any atom is -0.354 e. The molecule has 31 heavy (non-hydrogen) atoms. The Balaban J connectivity index is 1.48. The molecule has 1 aromatic heterocycles. The quantitative estimate of drug-likeness (QED) is 0.668. The first kappa shape index (κ1) is 21.4. The Morgan fingerprint density at radius 1 is 1.16 bits per heavy atom. The molecular weight excluding hydrogens is 431 g/mol. The number of carbonyl (C=O) groups is 1. The highest BCUT2D eigenvalue weighted by Gasteiger charge is 2.40. The Morgan fingerprint density at radius 3 is 2.58 bits per heavy atom. The zero-order chi connectivity index (χ0) is 22.1. The second-order valence-electron chi connectivity index (χ2n) is 7.46. The van der Waals surface area contributed by atoms with Gasteiger partial charge in [0.2, 0.25) is 5.91 Å². The van der Waals surface area contributed by atoms with Crippen molar-refractivity contribution in [2.45, 2.75) is 30.1 Å². The van der Waals surface area contributed by atoms with Crippen LogP contribution in [0.25, 0.3) is 0 Å². The SMILES string of the molecule is C[S@@](=O)c1cc(N2CC[C@@H](C(=O)N3N=CC[C@H]3c3cc(F)cc(F)c3)[C@@H](F)C2)ncn1. The summed E-state index contributed by atoms with van der Waals surface area (Å²) < 4.78 is 53.9. The fourth-order valence-electron chi connectivity index (χ4n) is 3.89. The molecule has 0 aliphatic carbocycles. The lowest BCUT2D eigenvalue weighted by atomic mass is 9.92. The van der Waals surface area contributed by atoms with Crippen LogP contribution in [0.2, 0.25) is 0 Å². The summed E-state index contributed by atoms with van der Waals surface area (Å²) in [5.41, 5.74) is 0.275. The van der Waals surface area contributed by atoms with Crippen LogP contribution in [-0.2, 0) is 15.6 Å². The summed E-state index contributed by atoms with van der Waals surface area (Å²) in [5, 5.41) is 5.52. The molecule has 2 aliphatic rings. The van der Waals surface area contributed by atoms with Gasteiger partial charge in [0.15, 0.2) is 0 Å². The molecule has 0 spiro atoms. The van der Waals surface area contributed by atoms with E-state index in [9.17, 15) is 17.8 Å². The maximum Gasteiger partial charge on any atom is 0.249 e. The van der Waals surface area contributed by atoms with Crippen LogP contribution in [0.4, 0.5) is 19.0 Å². The lowest BCUT2D eigenvalue weighted by molar-refractivity contribution is -0.140. The molecule has 1 fully saturated rings. The highest BCUT2D eigenvalue weighted by atomic mass is 32.2. The van der Waals surface area contributed by atoms with Gasteiger partial charge in [-0.15, -0.1) is 0 Å². The van der Waals surface area contributed by atoms with E-state index in [2.05, 4.69) is 15.1 Å². The zero-order valence-corrected chi connectivity index (χ0v) is 17.4. The fourth-order valence-corrected chi connectivity index (χ4v) is 4.36. The topological polar surface area (TPSA) is 78.8 Å². The van der Waals surface area contributed by atoms with Crippen LogP contribution in [0, 0.1) is 17.6 Å². The first-order chi connectivity index (χ1) is 14.8. The molecule has 0 unspecified atom stereocenters. The summed E-state index contributed by atoms with van der Waals surface area (Å²) in [4.78, 5) is 22.8. The molecule has 0 radical (unpaired) electrons. The van der Waals surface area contributed by atoms with Crippen LogP contribution in [0.3, 0.4) is 0 Å². The second kappa shape index (κ2) is 8.74. The van der Waals surface area contributed by atoms with E-state index in [4.69, 9.17) is 0 Å². The maximum atomic E-state index is 15.0. The molecule has 1 saturated heterocycles. The molecule has 11 heteroatoms. The predicted octanol–water partition coefficient (Wildman–Crippen LogP) is 2.62. The molecule has 0 saturated carbocycles. The van der Waals surface area contributed by atoms with Crippen LogP contribution in [0.5, 0.6) is 0 Å². The first-order valence-corrected chi connectivity index (χ1v) is 11.3. The third kappa shape index (κ3) is 4.46. The third-order valence-electron chi connectivity index (χ3n) is 5.43. The van der Waals surface area contributed by atoms with Crippen molar-refractivity contribution in [1.82, 2.24) is 15.0 Å². The average Bonchev–Trinajstić information content (AvgIpc) is 3.22. The lowest BCUT2D eigenvalue weighted by Crippen LogP contribution is -2.48. The van der Waals surface area contributed by atoms with Crippen LogP contribution in [0.1, 0.15) is 24.4 Å². The largest absolute Gasteiger partial charge is 0.354 e. The van der Waals surface area contributed by atoms with Gasteiger partial charge < -0.3 is 4.90 Å². The Morgan fingerprint density at radius 2 is 1.90 bits per heavy atom. The number of alkyl halides is 1. The lowest BCUT2D eigenvalue weighted by Gasteiger charge is -2.36. The van der Waals surface area contributed by atoms with Gasteiger partial charge in [-0.3, -0.25) is 9.00 Å². The second-order valence-corrected chi connectivity index (χ2v) is 8.79. The molecule has 7 nitrogen and oxygen atoms in total. The van der Waals surface area contributed by atoms with Crippen molar-refractivity contribution < 1.29 is 22.2 Å². The van der Waals surface area contributed by atoms with Crippen molar-refractivity contribution in [2.24, 2.45) is 11.0 Å². The third-order valence-corrected chi connectivity index (χ3v) is 6.24. The van der Waals surface area contributed by atoms with E-state index in [1.165, 1.54) is 18.8 Å². The van der Waals surface area contributed by atoms with Gasteiger partial charge in [0, 0.05) is 37.6 Å². The molecule has 164 valence electrons. The van der Waals surface area contributed by atoms with E-state index in [0.717, 1.165) is 23.2 Å². The van der Waals surface area contributed by atoms with Gasteiger partial charge in [-0.05, 0) is 24.1 Å². The molecular formula is C20H20F3N5O2S. The standard InChI is InChI=1S/C20H20F3N5O2S/c1-31(30)19-9-18(24-11-25-19)27-5-3-15(16(23)10-27)20(29)28-17(2-4-26-28)12-6-13(21)8-14(22)7-12/h4,6-9,11,15-17H,2-3,5,10H2,1H3/t15-,16+,17+,31-/m1/s1. The number of hydrogen-bond donors (Lipinski definition) is 0. The minimum absolute atomic E-state index is 0.0694. The molecule has 4 atom stereocenters. The van der Waals surface area contributed by atoms with Crippen molar-refractivity contribution in [3.63, 3.8) is 0 Å². The normalized spacial score (nSPS) is 24.5. The number of carbonyl (C=O) groups excluding carboxylic acids is 1. The summed E-state index contributed by atoms with van der Waals surface area (Å²) in [6.45, 7) is 0.292. The van der Waals surface area contributed by atoms with Crippen LogP contribution in [0.15, 0.2) is 40.7 Å². The highest BCUT2D eigenvalue weighted by molar-refractivity contribution is 7.84. The fraction of sp³-hybridized carbons (Fsp3) is 0.400. The summed E-state index contributed by atoms with van der Waals surface area (Å²) >= 11 is 0. The van der Waals surface area contributed by atoms with Crippen molar-refractivity contribution in [3.8, 4) is 0 Å². The molecule has 0 N–H and O–H groups in total. The smallest absolute Gasteiger partial charge is 0.249 e. The summed E-state index contributed by atoms with van der Waals surface area (Å²) in [6, 6.07) is 3.94. The number of hydrogen-bond acceptors (Lipinski definition) is 6. The molecule has 1 amide bonds. The Kier molecular flexibility index (Phi) is 6.03. The average molecular weight is 451 g/mol. The van der Waals surface area contributed by atoms with Gasteiger partial charge in [-0.1, -0.05) is 0 Å². The van der Waals surface area contributed by atoms with Crippen molar-refractivity contribution in [2.75, 3.05) is 24.2 Å². The van der Waals surface area contributed by atoms with Crippen molar-refractivity contribution >= 4 is 28.7 Å². The van der Waals surface area contributed by atoms with Gasteiger partial charge in [-0.25, -0.2) is 28.1 Å². The number of halogens is 3. The first-order valence-electron chi connectivity index (χ1n) is 9.69. The van der Waals surface area contributed by atoms with E-state index >= 15 is 4.39 Å². The van der Waals surface area contributed by atoms with Crippen molar-refractivity contribution in [1.29, 1.82) is 0 Å². The van der Waals surface area contributed by atoms with Gasteiger partial charge in [0.05, 0.1) is 29.3 Å². The molecule has 1 aromatic carbocycles. The van der Waals surface area contributed by atoms with Crippen LogP contribution >= 0.6 is 0 Å². The number of nitrogens with zero attached hydrogens (tertiary/aromatic N) is 5. The molecule has 0 bridgehead atoms. The highest BCUT2D eigenvalue weighted by Crippen LogP contribution is 2.34. The molecule has 3 heterocycles. The number of piperidine rings is 1. The van der Waals surface area contributed by atoms with Crippen molar-refractivity contribution in [3.05, 3.63) is 47.8 Å². The number of amides is 1. The Hall–Kier alpha value is -2.82. The summed E-state index contributed by atoms with van der Waals surface area (Å²) in [7, 11) is -1.30. The maximum absolute atomic E-state index is 15.0. The molecule has 2 aliphatic heterocycles. The number of hydrazone groups is 1. The van der Waals surface area contributed by atoms with Gasteiger partial charge in [-0.2, -0.15) is 5.10 Å². The van der Waals surface area contributed by atoms with Crippen LogP contribution < -0.4 is 4.90 Å². The molecule has 4 rings (SSSR count). The molecule has 2 aromatic rings. The number of aromatic nitrogens is 2. The van der Waals surface area contributed by atoms with E-state index in [0.29, 0.717) is 23.8 Å². The predicted molar refractivity (Wildman–Crippen MR) is 109 cm³/mol. The Bertz CT molecular complexity index is 1030.